The minimum absolute atomic E-state index is 0.125. The molecule has 0 radical (unpaired) electrons. The number of ether oxygens (including phenoxy) is 1. The molecule has 0 aliphatic rings. The maximum absolute atomic E-state index is 12.1. The van der Waals surface area contributed by atoms with Crippen molar-refractivity contribution in [1.29, 1.82) is 0 Å². The fourth-order valence-corrected chi connectivity index (χ4v) is 3.22. The third-order valence-corrected chi connectivity index (χ3v) is 5.07. The summed E-state index contributed by atoms with van der Waals surface area (Å²) in [7, 11) is 0. The Balaban J connectivity index is 1.47. The molecule has 0 aliphatic heterocycles. The van der Waals surface area contributed by atoms with Gasteiger partial charge in [0.25, 0.3) is 5.22 Å². The molecule has 9 heteroatoms. The number of esters is 1. The number of rotatable bonds is 8. The second-order valence-electron chi connectivity index (χ2n) is 5.90. The van der Waals surface area contributed by atoms with Gasteiger partial charge in [-0.05, 0) is 48.9 Å². The van der Waals surface area contributed by atoms with Crippen molar-refractivity contribution >= 4 is 45.3 Å². The highest BCUT2D eigenvalue weighted by atomic mass is 79.9. The Labute approximate surface area is 180 Å². The number of halogens is 1. The van der Waals surface area contributed by atoms with Crippen LogP contribution in [0.5, 0.6) is 0 Å². The van der Waals surface area contributed by atoms with E-state index in [0.29, 0.717) is 35.4 Å². The van der Waals surface area contributed by atoms with Gasteiger partial charge in [0.2, 0.25) is 11.8 Å². The third kappa shape index (κ3) is 6.43. The topological polar surface area (TPSA) is 94.3 Å². The molecule has 1 N–H and O–H groups in total. The molecule has 7 nitrogen and oxygen atoms in total. The third-order valence-electron chi connectivity index (χ3n) is 3.72. The molecule has 1 heterocycles. The van der Waals surface area contributed by atoms with Crippen LogP contribution >= 0.6 is 27.7 Å². The van der Waals surface area contributed by atoms with Crippen LogP contribution in [0, 0.1) is 0 Å². The maximum Gasteiger partial charge on any atom is 0.338 e. The molecule has 3 rings (SSSR count). The van der Waals surface area contributed by atoms with Gasteiger partial charge in [0, 0.05) is 10.2 Å². The van der Waals surface area contributed by atoms with Crippen LogP contribution in [0.25, 0.3) is 0 Å². The first kappa shape index (κ1) is 21.1. The summed E-state index contributed by atoms with van der Waals surface area (Å²) in [6, 6.07) is 14.4. The van der Waals surface area contributed by atoms with Gasteiger partial charge in [-0.2, -0.15) is 0 Å². The average molecular weight is 476 g/mol. The zero-order valence-electron chi connectivity index (χ0n) is 15.6. The Kier molecular flexibility index (Phi) is 7.42. The van der Waals surface area contributed by atoms with Crippen molar-refractivity contribution in [2.75, 3.05) is 17.7 Å². The predicted octanol–water partition coefficient (Wildman–Crippen LogP) is 4.33. The lowest BCUT2D eigenvalue weighted by molar-refractivity contribution is -0.113. The normalized spacial score (nSPS) is 10.6. The monoisotopic (exact) mass is 475 g/mol. The number of hydrogen-bond donors (Lipinski definition) is 1. The lowest BCUT2D eigenvalue weighted by Gasteiger charge is -2.05. The van der Waals surface area contributed by atoms with Gasteiger partial charge >= 0.3 is 5.97 Å². The van der Waals surface area contributed by atoms with Crippen molar-refractivity contribution in [3.05, 3.63) is 70.0 Å². The number of thioether (sulfide) groups is 1. The Hall–Kier alpha value is -2.65. The molecular formula is C20H18BrN3O4S. The number of aromatic nitrogens is 2. The van der Waals surface area contributed by atoms with Crippen molar-refractivity contribution < 1.29 is 18.7 Å². The molecule has 2 aromatic carbocycles. The van der Waals surface area contributed by atoms with E-state index in [4.69, 9.17) is 9.15 Å². The van der Waals surface area contributed by atoms with Gasteiger partial charge < -0.3 is 14.5 Å². The Bertz CT molecular complexity index is 974. The maximum atomic E-state index is 12.1. The summed E-state index contributed by atoms with van der Waals surface area (Å²) in [6.07, 6.45) is 0.528. The highest BCUT2D eigenvalue weighted by Gasteiger charge is 2.11. The first-order chi connectivity index (χ1) is 14.0. The van der Waals surface area contributed by atoms with Crippen LogP contribution in [-0.4, -0.2) is 34.4 Å². The zero-order valence-corrected chi connectivity index (χ0v) is 18.0. The van der Waals surface area contributed by atoms with Crippen LogP contribution in [-0.2, 0) is 16.0 Å². The van der Waals surface area contributed by atoms with E-state index in [1.54, 1.807) is 31.2 Å². The number of anilines is 1. The molecule has 0 bridgehead atoms. The highest BCUT2D eigenvalue weighted by molar-refractivity contribution is 9.10. The van der Waals surface area contributed by atoms with E-state index < -0.39 is 5.97 Å². The average Bonchev–Trinajstić information content (AvgIpc) is 3.16. The number of hydrogen-bond acceptors (Lipinski definition) is 7. The molecule has 0 unspecified atom stereocenters. The number of nitrogens with zero attached hydrogens (tertiary/aromatic N) is 2. The minimum atomic E-state index is -0.392. The van der Waals surface area contributed by atoms with Crippen LogP contribution < -0.4 is 5.32 Å². The van der Waals surface area contributed by atoms with Gasteiger partial charge in [-0.15, -0.1) is 10.2 Å². The molecule has 0 saturated carbocycles. The Morgan fingerprint density at radius 2 is 1.83 bits per heavy atom. The standard InChI is InChI=1S/C20H18BrN3O4S/c1-2-27-19(26)14-5-9-16(10-6-14)22-17(25)12-29-20-24-23-18(28-20)11-13-3-7-15(21)8-4-13/h3-10H,2,11-12H2,1H3,(H,22,25). The number of carbonyl (C=O) groups excluding carboxylic acids is 2. The van der Waals surface area contributed by atoms with Crippen molar-refractivity contribution in [3.8, 4) is 0 Å². The molecule has 0 spiro atoms. The fourth-order valence-electron chi connectivity index (χ4n) is 2.37. The summed E-state index contributed by atoms with van der Waals surface area (Å²) in [5.74, 6) is 0.00658. The van der Waals surface area contributed by atoms with Gasteiger partial charge in [-0.25, -0.2) is 4.79 Å². The first-order valence-corrected chi connectivity index (χ1v) is 10.6. The number of carbonyl (C=O) groups is 2. The van der Waals surface area contributed by atoms with E-state index in [1.165, 1.54) is 0 Å². The quantitative estimate of drug-likeness (QED) is 0.382. The van der Waals surface area contributed by atoms with E-state index in [1.807, 2.05) is 24.3 Å². The molecular weight excluding hydrogens is 458 g/mol. The SMILES string of the molecule is CCOC(=O)c1ccc(NC(=O)CSc2nnc(Cc3ccc(Br)cc3)o2)cc1. The second-order valence-corrected chi connectivity index (χ2v) is 7.74. The fraction of sp³-hybridized carbons (Fsp3) is 0.200. The summed E-state index contributed by atoms with van der Waals surface area (Å²) < 4.78 is 11.5. The molecule has 29 heavy (non-hydrogen) atoms. The first-order valence-electron chi connectivity index (χ1n) is 8.80. The smallest absolute Gasteiger partial charge is 0.338 e. The van der Waals surface area contributed by atoms with Crippen LogP contribution in [0.2, 0.25) is 0 Å². The Morgan fingerprint density at radius 1 is 1.10 bits per heavy atom. The van der Waals surface area contributed by atoms with Crippen molar-refractivity contribution in [2.45, 2.75) is 18.6 Å². The van der Waals surface area contributed by atoms with E-state index in [2.05, 4.69) is 31.4 Å². The molecule has 3 aromatic rings. The molecule has 1 amide bonds. The number of amides is 1. The summed E-state index contributed by atoms with van der Waals surface area (Å²) in [5, 5.41) is 11.1. The van der Waals surface area contributed by atoms with Crippen LogP contribution in [0.4, 0.5) is 5.69 Å². The van der Waals surface area contributed by atoms with Gasteiger partial charge in [0.05, 0.1) is 24.3 Å². The summed E-state index contributed by atoms with van der Waals surface area (Å²) in [6.45, 7) is 2.06. The molecule has 1 aromatic heterocycles. The van der Waals surface area contributed by atoms with Crippen LogP contribution in [0.15, 0.2) is 62.6 Å². The Morgan fingerprint density at radius 3 is 2.52 bits per heavy atom. The van der Waals surface area contributed by atoms with Crippen molar-refractivity contribution in [2.24, 2.45) is 0 Å². The molecule has 0 fully saturated rings. The van der Waals surface area contributed by atoms with E-state index in [9.17, 15) is 9.59 Å². The van der Waals surface area contributed by atoms with Gasteiger partial charge in [0.1, 0.15) is 0 Å². The molecule has 0 saturated heterocycles. The number of nitrogens with one attached hydrogen (secondary N) is 1. The van der Waals surface area contributed by atoms with Crippen LogP contribution in [0.1, 0.15) is 28.7 Å². The zero-order chi connectivity index (χ0) is 20.6. The van der Waals surface area contributed by atoms with E-state index >= 15 is 0 Å². The van der Waals surface area contributed by atoms with E-state index in [-0.39, 0.29) is 11.7 Å². The predicted molar refractivity (Wildman–Crippen MR) is 113 cm³/mol. The second kappa shape index (κ2) is 10.2. The van der Waals surface area contributed by atoms with Gasteiger partial charge in [0.15, 0.2) is 0 Å². The van der Waals surface area contributed by atoms with Crippen LogP contribution in [0.3, 0.4) is 0 Å². The van der Waals surface area contributed by atoms with Gasteiger partial charge in [-0.3, -0.25) is 4.79 Å². The summed E-state index contributed by atoms with van der Waals surface area (Å²) in [4.78, 5) is 23.8. The van der Waals surface area contributed by atoms with E-state index in [0.717, 1.165) is 21.8 Å². The van der Waals surface area contributed by atoms with Crippen molar-refractivity contribution in [3.63, 3.8) is 0 Å². The van der Waals surface area contributed by atoms with Gasteiger partial charge in [-0.1, -0.05) is 39.8 Å². The highest BCUT2D eigenvalue weighted by Crippen LogP contribution is 2.19. The number of benzene rings is 2. The summed E-state index contributed by atoms with van der Waals surface area (Å²) >= 11 is 4.56. The molecule has 150 valence electrons. The lowest BCUT2D eigenvalue weighted by Crippen LogP contribution is -2.14. The largest absolute Gasteiger partial charge is 0.462 e. The minimum Gasteiger partial charge on any atom is -0.462 e. The lowest BCUT2D eigenvalue weighted by atomic mass is 10.2. The van der Waals surface area contributed by atoms with Crippen molar-refractivity contribution in [1.82, 2.24) is 10.2 Å². The molecule has 0 aliphatic carbocycles. The summed E-state index contributed by atoms with van der Waals surface area (Å²) in [5.41, 5.74) is 2.07. The molecule has 0 atom stereocenters.